The molecule has 0 bridgehead atoms. The van der Waals surface area contributed by atoms with Gasteiger partial charge in [0.05, 0.1) is 0 Å². The number of carbonyl (C=O) groups is 1. The molecule has 0 spiro atoms. The molecular formula is C10H23NO. The van der Waals surface area contributed by atoms with E-state index in [0.29, 0.717) is 0 Å². The van der Waals surface area contributed by atoms with E-state index in [1.165, 1.54) is 6.42 Å². The smallest absolute Gasteiger partial charge is 0.223 e. The van der Waals surface area contributed by atoms with Gasteiger partial charge in [-0.2, -0.15) is 0 Å². The predicted molar refractivity (Wildman–Crippen MR) is 53.8 cm³/mol. The minimum Gasteiger partial charge on any atom is -0.369 e. The normalized spacial score (nSPS) is 10.1. The highest BCUT2D eigenvalue weighted by molar-refractivity contribution is 5.79. The van der Waals surface area contributed by atoms with Gasteiger partial charge in [0.1, 0.15) is 0 Å². The Morgan fingerprint density at radius 2 is 1.58 bits per heavy atom. The monoisotopic (exact) mass is 173 g/mol. The van der Waals surface area contributed by atoms with E-state index >= 15 is 0 Å². The van der Waals surface area contributed by atoms with Gasteiger partial charge in [-0.15, -0.1) is 0 Å². The molecule has 0 atom stereocenters. The molecule has 0 aliphatic heterocycles. The third-order valence-electron chi connectivity index (χ3n) is 1.54. The van der Waals surface area contributed by atoms with E-state index in [4.69, 9.17) is 5.73 Å². The second kappa shape index (κ2) is 7.14. The van der Waals surface area contributed by atoms with E-state index in [2.05, 4.69) is 13.8 Å². The van der Waals surface area contributed by atoms with Gasteiger partial charge in [-0.05, 0) is 6.42 Å². The SMILES string of the molecule is CCC.CCCC(C)(C)C(N)=O. The van der Waals surface area contributed by atoms with Crippen LogP contribution in [0, 0.1) is 5.41 Å². The Balaban J connectivity index is 0. The quantitative estimate of drug-likeness (QED) is 0.700. The van der Waals surface area contributed by atoms with Gasteiger partial charge < -0.3 is 5.73 Å². The number of primary amides is 1. The van der Waals surface area contributed by atoms with E-state index in [-0.39, 0.29) is 11.3 Å². The van der Waals surface area contributed by atoms with Crippen molar-refractivity contribution >= 4 is 5.91 Å². The molecule has 1 amide bonds. The largest absolute Gasteiger partial charge is 0.369 e. The maximum atomic E-state index is 10.6. The summed E-state index contributed by atoms with van der Waals surface area (Å²) in [5.41, 5.74) is 4.81. The lowest BCUT2D eigenvalue weighted by Crippen LogP contribution is -2.31. The molecule has 12 heavy (non-hydrogen) atoms. The molecule has 0 fully saturated rings. The summed E-state index contributed by atoms with van der Waals surface area (Å²) in [6.45, 7) is 10.0. The first-order valence-corrected chi connectivity index (χ1v) is 4.72. The topological polar surface area (TPSA) is 43.1 Å². The predicted octanol–water partition coefficient (Wildman–Crippen LogP) is 2.71. The van der Waals surface area contributed by atoms with Crippen molar-refractivity contribution in [3.63, 3.8) is 0 Å². The molecule has 2 heteroatoms. The zero-order valence-electron chi connectivity index (χ0n) is 9.11. The summed E-state index contributed by atoms with van der Waals surface area (Å²) < 4.78 is 0. The number of nitrogens with two attached hydrogens (primary N) is 1. The summed E-state index contributed by atoms with van der Waals surface area (Å²) >= 11 is 0. The van der Waals surface area contributed by atoms with Crippen LogP contribution in [0.25, 0.3) is 0 Å². The molecule has 0 aliphatic carbocycles. The van der Waals surface area contributed by atoms with Crippen molar-refractivity contribution in [2.75, 3.05) is 0 Å². The third-order valence-corrected chi connectivity index (χ3v) is 1.54. The van der Waals surface area contributed by atoms with Gasteiger partial charge in [0.2, 0.25) is 5.91 Å². The molecule has 0 unspecified atom stereocenters. The van der Waals surface area contributed by atoms with Crippen molar-refractivity contribution in [2.45, 2.75) is 53.9 Å². The second-order valence-corrected chi connectivity index (χ2v) is 3.71. The molecule has 2 nitrogen and oxygen atoms in total. The van der Waals surface area contributed by atoms with Crippen molar-refractivity contribution in [2.24, 2.45) is 11.1 Å². The number of hydrogen-bond donors (Lipinski definition) is 1. The van der Waals surface area contributed by atoms with Gasteiger partial charge >= 0.3 is 0 Å². The summed E-state index contributed by atoms with van der Waals surface area (Å²) in [6.07, 6.45) is 3.14. The van der Waals surface area contributed by atoms with Crippen molar-refractivity contribution < 1.29 is 4.79 Å². The summed E-state index contributed by atoms with van der Waals surface area (Å²) in [6, 6.07) is 0. The fraction of sp³-hybridized carbons (Fsp3) is 0.900. The standard InChI is InChI=1S/C7H15NO.C3H8/c1-4-5-7(2,3)6(8)9;1-3-2/h4-5H2,1-3H3,(H2,8,9);3H2,1-2H3. The Morgan fingerprint density at radius 1 is 1.25 bits per heavy atom. The Hall–Kier alpha value is -0.530. The molecule has 0 aliphatic rings. The maximum absolute atomic E-state index is 10.6. The minimum absolute atomic E-state index is 0.204. The highest BCUT2D eigenvalue weighted by Crippen LogP contribution is 2.20. The van der Waals surface area contributed by atoms with Crippen LogP contribution in [0.4, 0.5) is 0 Å². The van der Waals surface area contributed by atoms with Gasteiger partial charge in [-0.1, -0.05) is 47.5 Å². The molecular weight excluding hydrogens is 150 g/mol. The first kappa shape index (κ1) is 14.0. The summed E-state index contributed by atoms with van der Waals surface area (Å²) in [4.78, 5) is 10.6. The molecule has 0 radical (unpaired) electrons. The molecule has 74 valence electrons. The zero-order valence-corrected chi connectivity index (χ0v) is 9.11. The van der Waals surface area contributed by atoms with Crippen LogP contribution in [0.15, 0.2) is 0 Å². The van der Waals surface area contributed by atoms with E-state index < -0.39 is 0 Å². The van der Waals surface area contributed by atoms with Gasteiger partial charge in [0.15, 0.2) is 0 Å². The van der Waals surface area contributed by atoms with Crippen LogP contribution in [0.2, 0.25) is 0 Å². The zero-order chi connectivity index (χ0) is 10.2. The van der Waals surface area contributed by atoms with Crippen molar-refractivity contribution in [1.82, 2.24) is 0 Å². The molecule has 0 saturated carbocycles. The fourth-order valence-corrected chi connectivity index (χ4v) is 0.748. The van der Waals surface area contributed by atoms with Crippen LogP contribution >= 0.6 is 0 Å². The van der Waals surface area contributed by atoms with Crippen molar-refractivity contribution in [3.8, 4) is 0 Å². The molecule has 0 aromatic heterocycles. The summed E-state index contributed by atoms with van der Waals surface area (Å²) in [5, 5.41) is 0. The van der Waals surface area contributed by atoms with Crippen LogP contribution in [0.1, 0.15) is 53.9 Å². The number of amides is 1. The Labute approximate surface area is 76.5 Å². The lowest BCUT2D eigenvalue weighted by molar-refractivity contribution is -0.126. The van der Waals surface area contributed by atoms with Crippen LogP contribution < -0.4 is 5.73 Å². The lowest BCUT2D eigenvalue weighted by atomic mass is 9.88. The van der Waals surface area contributed by atoms with E-state index in [1.807, 2.05) is 20.8 Å². The summed E-state index contributed by atoms with van der Waals surface area (Å²) in [5.74, 6) is -0.204. The average molecular weight is 173 g/mol. The molecule has 0 heterocycles. The molecule has 0 saturated heterocycles. The van der Waals surface area contributed by atoms with Gasteiger partial charge in [-0.3, -0.25) is 4.79 Å². The van der Waals surface area contributed by atoms with Crippen molar-refractivity contribution in [1.29, 1.82) is 0 Å². The number of hydrogen-bond acceptors (Lipinski definition) is 1. The average Bonchev–Trinajstić information content (AvgIpc) is 1.88. The Bertz CT molecular complexity index is 119. The van der Waals surface area contributed by atoms with Crippen molar-refractivity contribution in [3.05, 3.63) is 0 Å². The van der Waals surface area contributed by atoms with Gasteiger partial charge in [0, 0.05) is 5.41 Å². The Morgan fingerprint density at radius 3 is 1.67 bits per heavy atom. The lowest BCUT2D eigenvalue weighted by Gasteiger charge is -2.18. The van der Waals surface area contributed by atoms with Gasteiger partial charge in [-0.25, -0.2) is 0 Å². The van der Waals surface area contributed by atoms with Crippen LogP contribution in [-0.2, 0) is 4.79 Å². The fourth-order valence-electron chi connectivity index (χ4n) is 0.748. The number of rotatable bonds is 3. The van der Waals surface area contributed by atoms with E-state index in [0.717, 1.165) is 12.8 Å². The van der Waals surface area contributed by atoms with Gasteiger partial charge in [0.25, 0.3) is 0 Å². The first-order chi connectivity index (χ1) is 5.42. The maximum Gasteiger partial charge on any atom is 0.223 e. The van der Waals surface area contributed by atoms with E-state index in [9.17, 15) is 4.79 Å². The molecule has 0 rings (SSSR count). The van der Waals surface area contributed by atoms with Crippen LogP contribution in [0.3, 0.4) is 0 Å². The van der Waals surface area contributed by atoms with E-state index in [1.54, 1.807) is 0 Å². The first-order valence-electron chi connectivity index (χ1n) is 4.72. The minimum atomic E-state index is -0.311. The highest BCUT2D eigenvalue weighted by Gasteiger charge is 2.22. The Kier molecular flexibility index (Phi) is 8.34. The number of carbonyl (C=O) groups excluding carboxylic acids is 1. The van der Waals surface area contributed by atoms with Crippen LogP contribution in [-0.4, -0.2) is 5.91 Å². The molecule has 0 aromatic rings. The highest BCUT2D eigenvalue weighted by atomic mass is 16.1. The van der Waals surface area contributed by atoms with Crippen LogP contribution in [0.5, 0.6) is 0 Å². The summed E-state index contributed by atoms with van der Waals surface area (Å²) in [7, 11) is 0. The molecule has 0 aromatic carbocycles. The third kappa shape index (κ3) is 7.58. The molecule has 2 N–H and O–H groups in total. The second-order valence-electron chi connectivity index (χ2n) is 3.71.